The summed E-state index contributed by atoms with van der Waals surface area (Å²) in [4.78, 5) is 20.9. The van der Waals surface area contributed by atoms with E-state index in [1.165, 1.54) is 0 Å². The van der Waals surface area contributed by atoms with Gasteiger partial charge in [-0.1, -0.05) is 0 Å². The van der Waals surface area contributed by atoms with Gasteiger partial charge in [-0.25, -0.2) is 9.63 Å². The van der Waals surface area contributed by atoms with Gasteiger partial charge in [-0.15, -0.1) is 4.91 Å². The zero-order valence-electron chi connectivity index (χ0n) is 2.62. The van der Waals surface area contributed by atoms with Crippen LogP contribution in [0.25, 0.3) is 0 Å². The van der Waals surface area contributed by atoms with E-state index >= 15 is 0 Å². The maximum absolute atomic E-state index is 9.08. The average molecular weight is 133 g/mol. The molecule has 0 radical (unpaired) electrons. The molecule has 0 aromatic rings. The summed E-state index contributed by atoms with van der Waals surface area (Å²) in [5, 5.41) is 8.98. The standard InChI is InChI=1S/CHNO4.Ca.2H/c3-1(4)6-2-5;;;/h(H,3,4);;;. The first kappa shape index (κ1) is 10.2. The summed E-state index contributed by atoms with van der Waals surface area (Å²) in [5.74, 6) is 0. The minimum atomic E-state index is -1.69. The fourth-order valence-electron chi connectivity index (χ4n) is 0.0319. The average Bonchev–Trinajstić information content (AvgIpc) is 1.35. The number of carbonyl (C=O) groups is 1. The Morgan fingerprint density at radius 3 is 2.14 bits per heavy atom. The van der Waals surface area contributed by atoms with Gasteiger partial charge in [0.2, 0.25) is 0 Å². The topological polar surface area (TPSA) is 76.0 Å². The summed E-state index contributed by atoms with van der Waals surface area (Å²) in [6, 6.07) is 0. The Morgan fingerprint density at radius 2 is 2.14 bits per heavy atom. The Hall–Kier alpha value is 0.130. The summed E-state index contributed by atoms with van der Waals surface area (Å²) >= 11 is 0. The van der Waals surface area contributed by atoms with Crippen molar-refractivity contribution in [3.8, 4) is 0 Å². The third-order valence-corrected chi connectivity index (χ3v) is 0.115. The van der Waals surface area contributed by atoms with E-state index in [0.717, 1.165) is 0 Å². The molecule has 0 spiro atoms. The van der Waals surface area contributed by atoms with E-state index in [1.54, 1.807) is 5.34 Å². The molecule has 0 aliphatic heterocycles. The van der Waals surface area contributed by atoms with Crippen molar-refractivity contribution in [2.75, 3.05) is 0 Å². The Kier molecular flexibility index (Phi) is 8.91. The molecule has 6 heteroatoms. The molecule has 5 nitrogen and oxygen atoms in total. The molecule has 0 bridgehead atoms. The van der Waals surface area contributed by atoms with Crippen LogP contribution in [0, 0.1) is 4.91 Å². The number of hydrogen-bond donors (Lipinski definition) is 1. The predicted octanol–water partition coefficient (Wildman–Crippen LogP) is -0.554. The maximum atomic E-state index is 9.08. The number of carboxylic acid groups (broad SMARTS) is 1. The van der Waals surface area contributed by atoms with Crippen LogP contribution in [0.1, 0.15) is 0 Å². The van der Waals surface area contributed by atoms with Crippen LogP contribution in [0.5, 0.6) is 0 Å². The molecule has 0 aromatic carbocycles. The van der Waals surface area contributed by atoms with E-state index in [-0.39, 0.29) is 37.7 Å². The molecule has 0 unspecified atom stereocenters. The van der Waals surface area contributed by atoms with Gasteiger partial charge >= 0.3 is 43.9 Å². The zero-order valence-corrected chi connectivity index (χ0v) is 2.62. The van der Waals surface area contributed by atoms with Gasteiger partial charge < -0.3 is 5.11 Å². The SMILES string of the molecule is O=NOC(=O)O.[CaH2]. The van der Waals surface area contributed by atoms with Gasteiger partial charge in [0.25, 0.3) is 0 Å². The Labute approximate surface area is 68.6 Å². The van der Waals surface area contributed by atoms with E-state index in [2.05, 4.69) is 4.84 Å². The second-order valence-corrected chi connectivity index (χ2v) is 0.432. The molecule has 0 saturated carbocycles. The van der Waals surface area contributed by atoms with Crippen molar-refractivity contribution in [3.05, 3.63) is 4.91 Å². The quantitative estimate of drug-likeness (QED) is 0.295. The molecule has 1 N–H and O–H groups in total. The van der Waals surface area contributed by atoms with E-state index in [0.29, 0.717) is 0 Å². The molecule has 0 heterocycles. The zero-order chi connectivity index (χ0) is 4.99. The Balaban J connectivity index is 0. The molecule has 7 heavy (non-hydrogen) atoms. The van der Waals surface area contributed by atoms with Crippen molar-refractivity contribution in [1.82, 2.24) is 0 Å². The molecule has 0 rings (SSSR count). The Bertz CT molecular complexity index is 72.1. The van der Waals surface area contributed by atoms with Crippen LogP contribution >= 0.6 is 0 Å². The van der Waals surface area contributed by atoms with Crippen molar-refractivity contribution >= 4 is 43.9 Å². The molecule has 0 saturated heterocycles. The van der Waals surface area contributed by atoms with Crippen LogP contribution in [0.4, 0.5) is 4.79 Å². The summed E-state index contributed by atoms with van der Waals surface area (Å²) in [6.07, 6.45) is -1.69. The predicted molar refractivity (Wildman–Crippen MR) is 23.4 cm³/mol. The van der Waals surface area contributed by atoms with Crippen molar-refractivity contribution in [3.63, 3.8) is 0 Å². The van der Waals surface area contributed by atoms with Crippen molar-refractivity contribution in [2.24, 2.45) is 5.34 Å². The molecular formula is CH3CaNO4. The van der Waals surface area contributed by atoms with Gasteiger partial charge in [-0.05, 0) is 0 Å². The van der Waals surface area contributed by atoms with Crippen molar-refractivity contribution < 1.29 is 14.7 Å². The summed E-state index contributed by atoms with van der Waals surface area (Å²) in [7, 11) is 0. The Morgan fingerprint density at radius 1 is 1.71 bits per heavy atom. The minimum absolute atomic E-state index is 0. The molecule has 0 aliphatic rings. The first-order chi connectivity index (χ1) is 2.77. The molecular weight excluding hydrogens is 130 g/mol. The second kappa shape index (κ2) is 6.13. The van der Waals surface area contributed by atoms with Crippen LogP contribution in [0.15, 0.2) is 5.34 Å². The summed E-state index contributed by atoms with van der Waals surface area (Å²) < 4.78 is 0. The van der Waals surface area contributed by atoms with Crippen LogP contribution in [-0.4, -0.2) is 49.0 Å². The van der Waals surface area contributed by atoms with Crippen LogP contribution in [-0.2, 0) is 4.84 Å². The van der Waals surface area contributed by atoms with Crippen LogP contribution in [0.2, 0.25) is 0 Å². The second-order valence-electron chi connectivity index (χ2n) is 0.432. The number of nitrogens with zero attached hydrogens (tertiary/aromatic N) is 1. The molecule has 0 atom stereocenters. The third-order valence-electron chi connectivity index (χ3n) is 0.115. The third kappa shape index (κ3) is 10.7. The summed E-state index contributed by atoms with van der Waals surface area (Å²) in [5.41, 5.74) is 0. The van der Waals surface area contributed by atoms with Gasteiger partial charge in [0.05, 0.1) is 0 Å². The fourth-order valence-corrected chi connectivity index (χ4v) is 0.0319. The molecule has 0 amide bonds. The van der Waals surface area contributed by atoms with Crippen LogP contribution in [0.3, 0.4) is 0 Å². The van der Waals surface area contributed by atoms with E-state index in [4.69, 9.17) is 14.8 Å². The van der Waals surface area contributed by atoms with Gasteiger partial charge in [-0.2, -0.15) is 0 Å². The van der Waals surface area contributed by atoms with Gasteiger partial charge in [0.15, 0.2) is 5.34 Å². The van der Waals surface area contributed by atoms with E-state index in [9.17, 15) is 0 Å². The van der Waals surface area contributed by atoms with Gasteiger partial charge in [-0.3, -0.25) is 0 Å². The number of rotatable bonds is 1. The first-order valence-corrected chi connectivity index (χ1v) is 0.997. The van der Waals surface area contributed by atoms with Crippen molar-refractivity contribution in [2.45, 2.75) is 0 Å². The normalized spacial score (nSPS) is 5.71. The van der Waals surface area contributed by atoms with Gasteiger partial charge in [0, 0.05) is 0 Å². The van der Waals surface area contributed by atoms with E-state index < -0.39 is 6.16 Å². The fraction of sp³-hybridized carbons (Fsp3) is 0. The number of hydrogen-bond acceptors (Lipinski definition) is 4. The molecule has 0 fully saturated rings. The first-order valence-electron chi connectivity index (χ1n) is 0.997. The molecule has 38 valence electrons. The van der Waals surface area contributed by atoms with Crippen LogP contribution < -0.4 is 0 Å². The van der Waals surface area contributed by atoms with Crippen molar-refractivity contribution in [1.29, 1.82) is 0 Å². The molecule has 0 aliphatic carbocycles. The van der Waals surface area contributed by atoms with Gasteiger partial charge in [0.1, 0.15) is 0 Å². The monoisotopic (exact) mass is 133 g/mol. The molecule has 0 aromatic heterocycles. The summed E-state index contributed by atoms with van der Waals surface area (Å²) in [6.45, 7) is 0. The van der Waals surface area contributed by atoms with E-state index in [1.807, 2.05) is 0 Å².